The van der Waals surface area contributed by atoms with E-state index in [4.69, 9.17) is 22.1 Å². The third kappa shape index (κ3) is 8.05. The molecule has 1 aliphatic heterocycles. The Balaban J connectivity index is 1.23. The van der Waals surface area contributed by atoms with Gasteiger partial charge in [-0.25, -0.2) is 0 Å². The molecule has 0 bridgehead atoms. The number of allylic oxidation sites excluding steroid dienone is 1. The molecule has 0 spiro atoms. The number of rotatable bonds is 8. The maximum absolute atomic E-state index is 12.9. The molecule has 0 aromatic heterocycles. The molecule has 1 aromatic rings. The Morgan fingerprint density at radius 2 is 1.81 bits per heavy atom. The standard InChI is InChI=1S/C29H40ClN3O4/c30-21-4-3-5-25(18-21)37-24-12-9-20(10-13-24)8-11-23(35)19-32-27-7-2-1-6-26(27)28(31)29(36)33-16-14-22(34)15-17-33/h3-5,18,20,22,24,34H,1-2,6-17,19,31H2. The second kappa shape index (κ2) is 13.4. The molecule has 1 saturated heterocycles. The molecule has 1 heterocycles. The van der Waals surface area contributed by atoms with Gasteiger partial charge >= 0.3 is 0 Å². The molecule has 1 amide bonds. The predicted molar refractivity (Wildman–Crippen MR) is 146 cm³/mol. The van der Waals surface area contributed by atoms with E-state index >= 15 is 0 Å². The molecule has 0 unspecified atom stereocenters. The average molecular weight is 530 g/mol. The summed E-state index contributed by atoms with van der Waals surface area (Å²) in [7, 11) is 0. The number of ether oxygens (including phenoxy) is 1. The fourth-order valence-corrected chi connectivity index (χ4v) is 5.80. The van der Waals surface area contributed by atoms with Gasteiger partial charge < -0.3 is 20.5 Å². The second-order valence-electron chi connectivity index (χ2n) is 10.7. The molecule has 8 heteroatoms. The lowest BCUT2D eigenvalue weighted by atomic mass is 9.84. The number of nitrogens with zero attached hydrogens (tertiary/aromatic N) is 2. The van der Waals surface area contributed by atoms with Gasteiger partial charge in [0.2, 0.25) is 0 Å². The Labute approximate surface area is 225 Å². The molecule has 2 saturated carbocycles. The molecule has 3 fully saturated rings. The van der Waals surface area contributed by atoms with E-state index in [1.54, 1.807) is 4.90 Å². The number of hydrogen-bond donors (Lipinski definition) is 2. The zero-order valence-corrected chi connectivity index (χ0v) is 22.4. The van der Waals surface area contributed by atoms with Crippen LogP contribution in [0.5, 0.6) is 5.75 Å². The maximum atomic E-state index is 12.9. The minimum atomic E-state index is -0.340. The van der Waals surface area contributed by atoms with Gasteiger partial charge in [0, 0.05) is 35.8 Å². The van der Waals surface area contributed by atoms with E-state index < -0.39 is 0 Å². The van der Waals surface area contributed by atoms with Crippen LogP contribution in [0.4, 0.5) is 0 Å². The monoisotopic (exact) mass is 529 g/mol. The molecule has 202 valence electrons. The summed E-state index contributed by atoms with van der Waals surface area (Å²) in [6.07, 6.45) is 10.0. The Hall–Kier alpha value is -2.38. The van der Waals surface area contributed by atoms with Crippen molar-refractivity contribution in [3.63, 3.8) is 0 Å². The van der Waals surface area contributed by atoms with E-state index in [1.165, 1.54) is 0 Å². The summed E-state index contributed by atoms with van der Waals surface area (Å²) >= 11 is 6.05. The summed E-state index contributed by atoms with van der Waals surface area (Å²) in [4.78, 5) is 32.0. The van der Waals surface area contributed by atoms with Crippen molar-refractivity contribution in [1.29, 1.82) is 0 Å². The molecule has 7 nitrogen and oxygen atoms in total. The number of nitrogens with two attached hydrogens (primary N) is 1. The van der Waals surface area contributed by atoms with Gasteiger partial charge in [-0.3, -0.25) is 14.6 Å². The first kappa shape index (κ1) is 27.6. The molecule has 0 atom stereocenters. The number of Topliss-reactive ketones (excluding diaryl/α,β-unsaturated/α-hetero) is 1. The summed E-state index contributed by atoms with van der Waals surface area (Å²) in [5, 5.41) is 10.4. The summed E-state index contributed by atoms with van der Waals surface area (Å²) in [6, 6.07) is 7.53. The molecule has 2 aliphatic carbocycles. The zero-order chi connectivity index (χ0) is 26.2. The van der Waals surface area contributed by atoms with Crippen molar-refractivity contribution in [1.82, 2.24) is 4.90 Å². The molecular formula is C29H40ClN3O4. The van der Waals surface area contributed by atoms with E-state index in [-0.39, 0.29) is 36.1 Å². The molecule has 3 N–H and O–H groups in total. The van der Waals surface area contributed by atoms with E-state index in [0.717, 1.165) is 74.8 Å². The van der Waals surface area contributed by atoms with Crippen molar-refractivity contribution >= 4 is 29.0 Å². The Morgan fingerprint density at radius 3 is 2.54 bits per heavy atom. The normalized spacial score (nSPS) is 25.7. The van der Waals surface area contributed by atoms with Crippen molar-refractivity contribution in [3.8, 4) is 5.75 Å². The van der Waals surface area contributed by atoms with Gasteiger partial charge in [0.05, 0.1) is 18.8 Å². The minimum absolute atomic E-state index is 0.143. The number of aliphatic imine (C=N–C) groups is 1. The summed E-state index contributed by atoms with van der Waals surface area (Å²) in [6.45, 7) is 1.20. The van der Waals surface area contributed by atoms with Crippen LogP contribution in [0.2, 0.25) is 5.02 Å². The van der Waals surface area contributed by atoms with Crippen LogP contribution in [0.25, 0.3) is 0 Å². The number of aliphatic hydroxyl groups excluding tert-OH is 1. The van der Waals surface area contributed by atoms with Crippen molar-refractivity contribution in [2.24, 2.45) is 16.6 Å². The van der Waals surface area contributed by atoms with E-state index in [9.17, 15) is 14.7 Å². The van der Waals surface area contributed by atoms with Crippen molar-refractivity contribution < 1.29 is 19.4 Å². The van der Waals surface area contributed by atoms with Crippen LogP contribution in [0.15, 0.2) is 40.5 Å². The molecule has 4 rings (SSSR count). The summed E-state index contributed by atoms with van der Waals surface area (Å²) < 4.78 is 6.08. The Kier molecular flexibility index (Phi) is 10.0. The number of ketones is 1. The number of benzene rings is 1. The van der Waals surface area contributed by atoms with Crippen LogP contribution in [0.3, 0.4) is 0 Å². The highest BCUT2D eigenvalue weighted by atomic mass is 35.5. The first-order chi connectivity index (χ1) is 17.9. The largest absolute Gasteiger partial charge is 0.490 e. The Morgan fingerprint density at radius 1 is 1.08 bits per heavy atom. The third-order valence-electron chi connectivity index (χ3n) is 7.92. The number of hydrogen-bond acceptors (Lipinski definition) is 6. The Bertz CT molecular complexity index is 1010. The van der Waals surface area contributed by atoms with Gasteiger partial charge in [0.15, 0.2) is 5.78 Å². The third-order valence-corrected chi connectivity index (χ3v) is 8.15. The number of carbonyl (C=O) groups is 2. The average Bonchev–Trinajstić information content (AvgIpc) is 2.91. The number of amides is 1. The molecule has 1 aromatic carbocycles. The SMILES string of the molecule is NC(C(=O)N1CCC(O)CC1)=C1CCCCC1=NCC(=O)CCC1CCC(Oc2cccc(Cl)c2)CC1. The fourth-order valence-electron chi connectivity index (χ4n) is 5.62. The van der Waals surface area contributed by atoms with Gasteiger partial charge in [0.1, 0.15) is 11.4 Å². The predicted octanol–water partition coefficient (Wildman–Crippen LogP) is 4.84. The minimum Gasteiger partial charge on any atom is -0.490 e. The number of aliphatic hydroxyl groups is 1. The van der Waals surface area contributed by atoms with Crippen molar-refractivity contribution in [2.45, 2.75) is 89.3 Å². The first-order valence-electron chi connectivity index (χ1n) is 13.8. The molecule has 37 heavy (non-hydrogen) atoms. The zero-order valence-electron chi connectivity index (χ0n) is 21.7. The van der Waals surface area contributed by atoms with E-state index in [2.05, 4.69) is 4.99 Å². The van der Waals surface area contributed by atoms with Crippen LogP contribution in [0.1, 0.15) is 77.0 Å². The van der Waals surface area contributed by atoms with E-state index in [1.807, 2.05) is 24.3 Å². The van der Waals surface area contributed by atoms with Crippen LogP contribution in [0, 0.1) is 5.92 Å². The topological polar surface area (TPSA) is 105 Å². The number of carbonyl (C=O) groups excluding carboxylic acids is 2. The van der Waals surface area contributed by atoms with Gasteiger partial charge in [0.25, 0.3) is 5.91 Å². The summed E-state index contributed by atoms with van der Waals surface area (Å²) in [5.74, 6) is 1.33. The highest BCUT2D eigenvalue weighted by Crippen LogP contribution is 2.31. The van der Waals surface area contributed by atoms with Crippen molar-refractivity contribution in [2.75, 3.05) is 19.6 Å². The highest BCUT2D eigenvalue weighted by Gasteiger charge is 2.27. The number of halogens is 1. The van der Waals surface area contributed by atoms with Gasteiger partial charge in [-0.15, -0.1) is 0 Å². The lowest BCUT2D eigenvalue weighted by molar-refractivity contribution is -0.129. The highest BCUT2D eigenvalue weighted by molar-refractivity contribution is 6.30. The quantitative estimate of drug-likeness (QED) is 0.469. The lowest BCUT2D eigenvalue weighted by Gasteiger charge is -2.30. The fraction of sp³-hybridized carbons (Fsp3) is 0.621. The van der Waals surface area contributed by atoms with Gasteiger partial charge in [-0.1, -0.05) is 17.7 Å². The number of likely N-dealkylation sites (tertiary alicyclic amines) is 1. The molecule has 3 aliphatic rings. The van der Waals surface area contributed by atoms with Gasteiger partial charge in [-0.05, 0) is 94.7 Å². The van der Waals surface area contributed by atoms with Crippen LogP contribution in [-0.2, 0) is 9.59 Å². The smallest absolute Gasteiger partial charge is 0.270 e. The van der Waals surface area contributed by atoms with Gasteiger partial charge in [-0.2, -0.15) is 0 Å². The first-order valence-corrected chi connectivity index (χ1v) is 14.2. The van der Waals surface area contributed by atoms with Crippen LogP contribution >= 0.6 is 11.6 Å². The summed E-state index contributed by atoms with van der Waals surface area (Å²) in [5.41, 5.74) is 8.22. The lowest BCUT2D eigenvalue weighted by Crippen LogP contribution is -2.42. The maximum Gasteiger partial charge on any atom is 0.270 e. The molecular weight excluding hydrogens is 490 g/mol. The number of piperidine rings is 1. The van der Waals surface area contributed by atoms with Crippen LogP contribution in [-0.4, -0.2) is 59.3 Å². The molecule has 0 radical (unpaired) electrons. The van der Waals surface area contributed by atoms with Crippen molar-refractivity contribution in [3.05, 3.63) is 40.6 Å². The van der Waals surface area contributed by atoms with E-state index in [0.29, 0.717) is 43.3 Å². The van der Waals surface area contributed by atoms with Crippen LogP contribution < -0.4 is 10.5 Å². The second-order valence-corrected chi connectivity index (χ2v) is 11.1.